The van der Waals surface area contributed by atoms with Gasteiger partial charge in [-0.25, -0.2) is 0 Å². The quantitative estimate of drug-likeness (QED) is 0.720. The zero-order chi connectivity index (χ0) is 20.0. The topological polar surface area (TPSA) is 61.9 Å². The lowest BCUT2D eigenvalue weighted by atomic mass is 10.0. The second-order valence-corrected chi connectivity index (χ2v) is 7.60. The Balaban J connectivity index is 1.95. The van der Waals surface area contributed by atoms with Gasteiger partial charge < -0.3 is 19.9 Å². The largest absolute Gasteiger partial charge is 0.494 e. The Morgan fingerprint density at radius 2 is 2.15 bits per heavy atom. The predicted octanol–water partition coefficient (Wildman–Crippen LogP) is 2.37. The van der Waals surface area contributed by atoms with Crippen molar-refractivity contribution in [2.45, 2.75) is 39.7 Å². The fourth-order valence-corrected chi connectivity index (χ4v) is 3.44. The molecule has 1 aliphatic rings. The van der Waals surface area contributed by atoms with Gasteiger partial charge in [0.1, 0.15) is 5.75 Å². The summed E-state index contributed by atoms with van der Waals surface area (Å²) in [5.74, 6) is 0.533. The van der Waals surface area contributed by atoms with Gasteiger partial charge in [0.15, 0.2) is 0 Å². The molecule has 0 saturated carbocycles. The second-order valence-electron chi connectivity index (χ2n) is 7.60. The number of amides is 2. The molecule has 1 aromatic carbocycles. The number of nitrogens with one attached hydrogen (secondary N) is 1. The summed E-state index contributed by atoms with van der Waals surface area (Å²) in [6.07, 6.45) is 1.22. The van der Waals surface area contributed by atoms with Crippen LogP contribution in [0.5, 0.6) is 5.75 Å². The molecular weight excluding hydrogens is 342 g/mol. The SMILES string of the molecule is CCOc1ccc(C)cc1C(C)NC(=O)C1CC(=O)N(CCCN(C)C)C1. The molecule has 2 amide bonds. The van der Waals surface area contributed by atoms with E-state index in [0.717, 1.165) is 29.8 Å². The maximum atomic E-state index is 12.7. The molecule has 2 rings (SSSR count). The zero-order valence-corrected chi connectivity index (χ0v) is 17.2. The van der Waals surface area contributed by atoms with Crippen LogP contribution < -0.4 is 10.1 Å². The van der Waals surface area contributed by atoms with E-state index >= 15 is 0 Å². The van der Waals surface area contributed by atoms with Gasteiger partial charge in [0.2, 0.25) is 11.8 Å². The smallest absolute Gasteiger partial charge is 0.225 e. The number of aryl methyl sites for hydroxylation is 1. The molecule has 0 spiro atoms. The zero-order valence-electron chi connectivity index (χ0n) is 17.2. The molecule has 0 bridgehead atoms. The number of hydrogen-bond donors (Lipinski definition) is 1. The van der Waals surface area contributed by atoms with Crippen LogP contribution in [0.15, 0.2) is 18.2 Å². The van der Waals surface area contributed by atoms with Gasteiger partial charge in [-0.05, 0) is 53.9 Å². The number of benzene rings is 1. The first-order chi connectivity index (χ1) is 12.8. The minimum absolute atomic E-state index is 0.0603. The molecule has 0 aromatic heterocycles. The minimum Gasteiger partial charge on any atom is -0.494 e. The van der Waals surface area contributed by atoms with Crippen molar-refractivity contribution in [2.24, 2.45) is 5.92 Å². The number of hydrogen-bond acceptors (Lipinski definition) is 4. The molecule has 2 unspecified atom stereocenters. The first-order valence-electron chi connectivity index (χ1n) is 9.78. The molecule has 6 heteroatoms. The van der Waals surface area contributed by atoms with Gasteiger partial charge >= 0.3 is 0 Å². The molecule has 1 aliphatic heterocycles. The van der Waals surface area contributed by atoms with Gasteiger partial charge in [-0.1, -0.05) is 17.7 Å². The van der Waals surface area contributed by atoms with E-state index in [4.69, 9.17) is 4.74 Å². The molecule has 1 aromatic rings. The summed E-state index contributed by atoms with van der Waals surface area (Å²) in [4.78, 5) is 28.9. The summed E-state index contributed by atoms with van der Waals surface area (Å²) in [6, 6.07) is 5.83. The summed E-state index contributed by atoms with van der Waals surface area (Å²) >= 11 is 0. The van der Waals surface area contributed by atoms with E-state index in [1.54, 1.807) is 0 Å². The monoisotopic (exact) mass is 375 g/mol. The average molecular weight is 376 g/mol. The van der Waals surface area contributed by atoms with Crippen molar-refractivity contribution in [3.63, 3.8) is 0 Å². The number of carbonyl (C=O) groups is 2. The van der Waals surface area contributed by atoms with Crippen LogP contribution in [0.4, 0.5) is 0 Å². The maximum Gasteiger partial charge on any atom is 0.225 e. The first-order valence-corrected chi connectivity index (χ1v) is 9.78. The van der Waals surface area contributed by atoms with Crippen molar-refractivity contribution in [2.75, 3.05) is 40.3 Å². The number of carbonyl (C=O) groups excluding carboxylic acids is 2. The Kier molecular flexibility index (Phi) is 7.66. The first kappa shape index (κ1) is 21.2. The predicted molar refractivity (Wildman–Crippen MR) is 107 cm³/mol. The third-order valence-electron chi connectivity index (χ3n) is 4.91. The maximum absolute atomic E-state index is 12.7. The Labute approximate surface area is 162 Å². The standard InChI is InChI=1S/C21H33N3O3/c1-6-27-19-9-8-15(2)12-18(19)16(3)22-21(26)17-13-20(25)24(14-17)11-7-10-23(4)5/h8-9,12,16-17H,6-7,10-11,13-14H2,1-5H3,(H,22,26). The van der Waals surface area contributed by atoms with E-state index in [1.165, 1.54) is 0 Å². The van der Waals surface area contributed by atoms with Crippen molar-refractivity contribution in [1.82, 2.24) is 15.1 Å². The minimum atomic E-state index is -0.278. The summed E-state index contributed by atoms with van der Waals surface area (Å²) < 4.78 is 5.70. The van der Waals surface area contributed by atoms with Gasteiger partial charge in [0, 0.05) is 25.1 Å². The van der Waals surface area contributed by atoms with Gasteiger partial charge in [-0.3, -0.25) is 9.59 Å². The van der Waals surface area contributed by atoms with Crippen LogP contribution in [-0.4, -0.2) is 62.0 Å². The van der Waals surface area contributed by atoms with E-state index in [1.807, 2.05) is 58.0 Å². The van der Waals surface area contributed by atoms with Crippen molar-refractivity contribution >= 4 is 11.8 Å². The highest BCUT2D eigenvalue weighted by Gasteiger charge is 2.34. The lowest BCUT2D eigenvalue weighted by Gasteiger charge is -2.21. The van der Waals surface area contributed by atoms with E-state index in [9.17, 15) is 9.59 Å². The number of ether oxygens (including phenoxy) is 1. The van der Waals surface area contributed by atoms with Crippen LogP contribution in [0.2, 0.25) is 0 Å². The van der Waals surface area contributed by atoms with Crippen LogP contribution >= 0.6 is 0 Å². The fourth-order valence-electron chi connectivity index (χ4n) is 3.44. The Morgan fingerprint density at radius 1 is 1.41 bits per heavy atom. The molecule has 6 nitrogen and oxygen atoms in total. The fraction of sp³-hybridized carbons (Fsp3) is 0.619. The van der Waals surface area contributed by atoms with Crippen LogP contribution in [0.25, 0.3) is 0 Å². The van der Waals surface area contributed by atoms with E-state index in [-0.39, 0.29) is 23.8 Å². The van der Waals surface area contributed by atoms with Gasteiger partial charge in [-0.2, -0.15) is 0 Å². The Hall–Kier alpha value is -2.08. The molecule has 2 atom stereocenters. The Morgan fingerprint density at radius 3 is 2.81 bits per heavy atom. The van der Waals surface area contributed by atoms with E-state index in [0.29, 0.717) is 26.1 Å². The molecular formula is C21H33N3O3. The van der Waals surface area contributed by atoms with Crippen LogP contribution in [-0.2, 0) is 9.59 Å². The van der Waals surface area contributed by atoms with Crippen LogP contribution in [0, 0.1) is 12.8 Å². The molecule has 1 fully saturated rings. The molecule has 0 radical (unpaired) electrons. The van der Waals surface area contributed by atoms with E-state index < -0.39 is 0 Å². The van der Waals surface area contributed by atoms with Crippen LogP contribution in [0.1, 0.15) is 43.9 Å². The molecule has 1 N–H and O–H groups in total. The molecule has 0 aliphatic carbocycles. The van der Waals surface area contributed by atoms with E-state index in [2.05, 4.69) is 10.2 Å². The summed E-state index contributed by atoms with van der Waals surface area (Å²) in [7, 11) is 4.04. The van der Waals surface area contributed by atoms with Gasteiger partial charge in [0.25, 0.3) is 0 Å². The average Bonchev–Trinajstić information content (AvgIpc) is 2.97. The van der Waals surface area contributed by atoms with Crippen molar-refractivity contribution in [3.05, 3.63) is 29.3 Å². The normalized spacial score (nSPS) is 18.1. The molecule has 150 valence electrons. The van der Waals surface area contributed by atoms with Crippen LogP contribution in [0.3, 0.4) is 0 Å². The van der Waals surface area contributed by atoms with Crippen molar-refractivity contribution in [1.29, 1.82) is 0 Å². The number of rotatable bonds is 9. The second kappa shape index (κ2) is 9.74. The highest BCUT2D eigenvalue weighted by atomic mass is 16.5. The molecule has 27 heavy (non-hydrogen) atoms. The van der Waals surface area contributed by atoms with Crippen molar-refractivity contribution < 1.29 is 14.3 Å². The third kappa shape index (κ3) is 5.96. The number of likely N-dealkylation sites (tertiary alicyclic amines) is 1. The summed E-state index contributed by atoms with van der Waals surface area (Å²) in [5.41, 5.74) is 2.09. The number of nitrogens with zero attached hydrogens (tertiary/aromatic N) is 2. The molecule has 1 heterocycles. The Bertz CT molecular complexity index is 660. The van der Waals surface area contributed by atoms with Gasteiger partial charge in [-0.15, -0.1) is 0 Å². The van der Waals surface area contributed by atoms with Crippen molar-refractivity contribution in [3.8, 4) is 5.75 Å². The lowest BCUT2D eigenvalue weighted by molar-refractivity contribution is -0.129. The highest BCUT2D eigenvalue weighted by Crippen LogP contribution is 2.27. The summed E-state index contributed by atoms with van der Waals surface area (Å²) in [5, 5.41) is 3.07. The lowest BCUT2D eigenvalue weighted by Crippen LogP contribution is -2.35. The molecule has 1 saturated heterocycles. The highest BCUT2D eigenvalue weighted by molar-refractivity contribution is 5.89. The third-order valence-corrected chi connectivity index (χ3v) is 4.91. The van der Waals surface area contributed by atoms with Gasteiger partial charge in [0.05, 0.1) is 18.6 Å². The summed E-state index contributed by atoms with van der Waals surface area (Å²) in [6.45, 7) is 8.67.